The van der Waals surface area contributed by atoms with Crippen LogP contribution < -0.4 is 5.32 Å². The quantitative estimate of drug-likeness (QED) is 0.615. The fourth-order valence-electron chi connectivity index (χ4n) is 3.67. The number of oxazole rings is 1. The number of aryl methyl sites for hydroxylation is 1. The number of piperazine rings is 1. The molecule has 158 valence electrons. The zero-order chi connectivity index (χ0) is 20.8. The number of amides is 1. The second-order valence-electron chi connectivity index (χ2n) is 7.48. The van der Waals surface area contributed by atoms with E-state index in [4.69, 9.17) is 4.42 Å². The van der Waals surface area contributed by atoms with E-state index in [0.29, 0.717) is 24.7 Å². The molecule has 3 heterocycles. The fraction of sp³-hybridized carbons (Fsp3) is 0.409. The van der Waals surface area contributed by atoms with E-state index in [9.17, 15) is 4.79 Å². The number of rotatable bonds is 8. The van der Waals surface area contributed by atoms with Crippen molar-refractivity contribution < 1.29 is 9.21 Å². The van der Waals surface area contributed by atoms with E-state index in [0.717, 1.165) is 45.1 Å². The average Bonchev–Trinajstić information content (AvgIpc) is 3.43. The highest BCUT2D eigenvalue weighted by Crippen LogP contribution is 2.12. The van der Waals surface area contributed by atoms with E-state index in [-0.39, 0.29) is 5.91 Å². The minimum absolute atomic E-state index is 0.247. The number of carbonyl (C=O) groups excluding carboxylic acids is 1. The highest BCUT2D eigenvalue weighted by atomic mass is 16.3. The molecule has 8 nitrogen and oxygen atoms in total. The lowest BCUT2D eigenvalue weighted by molar-refractivity contribution is 0.0944. The molecule has 1 aliphatic rings. The molecule has 0 atom stereocenters. The lowest BCUT2D eigenvalue weighted by Gasteiger charge is -2.34. The Labute approximate surface area is 176 Å². The molecule has 0 aliphatic carbocycles. The Bertz CT molecular complexity index is 943. The summed E-state index contributed by atoms with van der Waals surface area (Å²) in [6, 6.07) is 10.6. The molecule has 1 amide bonds. The van der Waals surface area contributed by atoms with Crippen molar-refractivity contribution in [3.63, 3.8) is 0 Å². The second-order valence-corrected chi connectivity index (χ2v) is 7.48. The number of nitrogens with one attached hydrogen (secondary N) is 1. The first kappa shape index (κ1) is 20.3. The Kier molecular flexibility index (Phi) is 6.56. The SMILES string of the molecule is CCn1ccnc1CNC(=O)c1coc(CN2CCN(Cc3ccccc3)CC2)n1. The van der Waals surface area contributed by atoms with Crippen molar-refractivity contribution in [2.75, 3.05) is 26.2 Å². The minimum atomic E-state index is -0.247. The summed E-state index contributed by atoms with van der Waals surface area (Å²) in [6.07, 6.45) is 5.07. The van der Waals surface area contributed by atoms with Gasteiger partial charge in [0.05, 0.1) is 13.1 Å². The van der Waals surface area contributed by atoms with Crippen molar-refractivity contribution in [1.29, 1.82) is 0 Å². The molecule has 3 aromatic rings. The summed E-state index contributed by atoms with van der Waals surface area (Å²) >= 11 is 0. The maximum Gasteiger partial charge on any atom is 0.273 e. The van der Waals surface area contributed by atoms with Crippen LogP contribution in [0, 0.1) is 0 Å². The monoisotopic (exact) mass is 408 g/mol. The van der Waals surface area contributed by atoms with Gasteiger partial charge in [-0.2, -0.15) is 0 Å². The number of imidazole rings is 1. The third kappa shape index (κ3) is 5.14. The van der Waals surface area contributed by atoms with E-state index in [2.05, 4.69) is 49.4 Å². The van der Waals surface area contributed by atoms with Crippen molar-refractivity contribution >= 4 is 5.91 Å². The van der Waals surface area contributed by atoms with Crippen LogP contribution in [0.4, 0.5) is 0 Å². The van der Waals surface area contributed by atoms with E-state index in [1.54, 1.807) is 6.20 Å². The lowest BCUT2D eigenvalue weighted by Crippen LogP contribution is -2.45. The van der Waals surface area contributed by atoms with Crippen LogP contribution in [0.2, 0.25) is 0 Å². The van der Waals surface area contributed by atoms with Crippen molar-refractivity contribution in [3.8, 4) is 0 Å². The van der Waals surface area contributed by atoms with Crippen LogP contribution in [0.5, 0.6) is 0 Å². The summed E-state index contributed by atoms with van der Waals surface area (Å²) < 4.78 is 7.54. The number of nitrogens with zero attached hydrogens (tertiary/aromatic N) is 5. The first-order chi connectivity index (χ1) is 14.7. The van der Waals surface area contributed by atoms with Gasteiger partial charge in [0.1, 0.15) is 12.1 Å². The van der Waals surface area contributed by atoms with Gasteiger partial charge in [0.15, 0.2) is 5.69 Å². The van der Waals surface area contributed by atoms with Gasteiger partial charge in [-0.25, -0.2) is 9.97 Å². The van der Waals surface area contributed by atoms with E-state index >= 15 is 0 Å². The normalized spacial score (nSPS) is 15.4. The van der Waals surface area contributed by atoms with Crippen LogP contribution in [0.3, 0.4) is 0 Å². The van der Waals surface area contributed by atoms with Gasteiger partial charge in [-0.1, -0.05) is 30.3 Å². The zero-order valence-corrected chi connectivity index (χ0v) is 17.3. The van der Waals surface area contributed by atoms with Gasteiger partial charge in [0, 0.05) is 51.7 Å². The number of benzene rings is 1. The summed E-state index contributed by atoms with van der Waals surface area (Å²) in [4.78, 5) is 25.8. The Hall–Kier alpha value is -2.97. The molecule has 0 saturated carbocycles. The van der Waals surface area contributed by atoms with Crippen LogP contribution in [-0.2, 0) is 26.2 Å². The number of hydrogen-bond acceptors (Lipinski definition) is 6. The lowest BCUT2D eigenvalue weighted by atomic mass is 10.2. The fourth-order valence-corrected chi connectivity index (χ4v) is 3.67. The summed E-state index contributed by atoms with van der Waals surface area (Å²) in [7, 11) is 0. The molecule has 0 bridgehead atoms. The molecule has 0 unspecified atom stereocenters. The van der Waals surface area contributed by atoms with Crippen molar-refractivity contribution in [3.05, 3.63) is 72.0 Å². The molecule has 30 heavy (non-hydrogen) atoms. The number of aromatic nitrogens is 3. The van der Waals surface area contributed by atoms with Crippen LogP contribution in [0.1, 0.15) is 34.7 Å². The molecule has 8 heteroatoms. The van der Waals surface area contributed by atoms with Crippen LogP contribution in [0.25, 0.3) is 0 Å². The Balaban J connectivity index is 1.23. The number of hydrogen-bond donors (Lipinski definition) is 1. The Morgan fingerprint density at radius 1 is 1.10 bits per heavy atom. The van der Waals surface area contributed by atoms with Gasteiger partial charge >= 0.3 is 0 Å². The predicted molar refractivity (Wildman–Crippen MR) is 113 cm³/mol. The van der Waals surface area contributed by atoms with E-state index in [1.807, 2.05) is 23.8 Å². The molecule has 4 rings (SSSR count). The predicted octanol–water partition coefficient (Wildman–Crippen LogP) is 2.14. The van der Waals surface area contributed by atoms with Gasteiger partial charge < -0.3 is 14.3 Å². The molecular weight excluding hydrogens is 380 g/mol. The van der Waals surface area contributed by atoms with E-state index < -0.39 is 0 Å². The van der Waals surface area contributed by atoms with Gasteiger partial charge in [-0.05, 0) is 12.5 Å². The summed E-state index contributed by atoms with van der Waals surface area (Å²) in [5.41, 5.74) is 1.65. The van der Waals surface area contributed by atoms with Crippen LogP contribution >= 0.6 is 0 Å². The first-order valence-electron chi connectivity index (χ1n) is 10.4. The molecule has 0 spiro atoms. The molecule has 0 radical (unpaired) electrons. The topological polar surface area (TPSA) is 79.4 Å². The molecule has 1 fully saturated rings. The molecule has 1 aromatic carbocycles. The standard InChI is InChI=1S/C22H28N6O2/c1-2-28-9-8-23-20(28)14-24-22(29)19-17-30-21(25-19)16-27-12-10-26(11-13-27)15-18-6-4-3-5-7-18/h3-9,17H,2,10-16H2,1H3,(H,24,29). The Morgan fingerprint density at radius 3 is 2.57 bits per heavy atom. The molecular formula is C22H28N6O2. The van der Waals surface area contributed by atoms with Crippen LogP contribution in [-0.4, -0.2) is 56.4 Å². The second kappa shape index (κ2) is 9.69. The van der Waals surface area contributed by atoms with Crippen molar-refractivity contribution in [2.24, 2.45) is 0 Å². The maximum atomic E-state index is 12.4. The molecule has 1 aliphatic heterocycles. The largest absolute Gasteiger partial charge is 0.447 e. The van der Waals surface area contributed by atoms with Gasteiger partial charge in [-0.15, -0.1) is 0 Å². The minimum Gasteiger partial charge on any atom is -0.447 e. The molecule has 1 saturated heterocycles. The average molecular weight is 409 g/mol. The van der Waals surface area contributed by atoms with Crippen LogP contribution in [0.15, 0.2) is 53.4 Å². The summed E-state index contributed by atoms with van der Waals surface area (Å²) in [6.45, 7) is 8.75. The van der Waals surface area contributed by atoms with Crippen molar-refractivity contribution in [2.45, 2.75) is 33.1 Å². The highest BCUT2D eigenvalue weighted by Gasteiger charge is 2.20. The van der Waals surface area contributed by atoms with Gasteiger partial charge in [-0.3, -0.25) is 14.6 Å². The molecule has 2 aromatic heterocycles. The smallest absolute Gasteiger partial charge is 0.273 e. The van der Waals surface area contributed by atoms with Crippen molar-refractivity contribution in [1.82, 2.24) is 29.7 Å². The molecule has 1 N–H and O–H groups in total. The summed E-state index contributed by atoms with van der Waals surface area (Å²) in [5.74, 6) is 1.15. The third-order valence-electron chi connectivity index (χ3n) is 5.41. The Morgan fingerprint density at radius 2 is 1.83 bits per heavy atom. The first-order valence-corrected chi connectivity index (χ1v) is 10.4. The number of carbonyl (C=O) groups is 1. The third-order valence-corrected chi connectivity index (χ3v) is 5.41. The van der Waals surface area contributed by atoms with Gasteiger partial charge in [0.25, 0.3) is 5.91 Å². The zero-order valence-electron chi connectivity index (χ0n) is 17.3. The maximum absolute atomic E-state index is 12.4. The highest BCUT2D eigenvalue weighted by molar-refractivity contribution is 5.91. The van der Waals surface area contributed by atoms with Gasteiger partial charge in [0.2, 0.25) is 5.89 Å². The summed E-state index contributed by atoms with van der Waals surface area (Å²) in [5, 5.41) is 2.86. The van der Waals surface area contributed by atoms with E-state index in [1.165, 1.54) is 11.8 Å².